The highest BCUT2D eigenvalue weighted by molar-refractivity contribution is 4.92. The average molecular weight is 155 g/mol. The predicted molar refractivity (Wildman–Crippen MR) is 51.8 cm³/mol. The molecule has 0 saturated carbocycles. The van der Waals surface area contributed by atoms with E-state index in [1.54, 1.807) is 0 Å². The van der Waals surface area contributed by atoms with Crippen LogP contribution in [0, 0.1) is 0 Å². The molecule has 0 heterocycles. The zero-order chi connectivity index (χ0) is 8.69. The lowest BCUT2D eigenvalue weighted by Crippen LogP contribution is -2.28. The fourth-order valence-corrected chi connectivity index (χ4v) is 1.33. The summed E-state index contributed by atoms with van der Waals surface area (Å²) in [5.41, 5.74) is 1.28. The molecule has 1 heteroatoms. The van der Waals surface area contributed by atoms with Gasteiger partial charge >= 0.3 is 0 Å². The van der Waals surface area contributed by atoms with Crippen LogP contribution in [0.2, 0.25) is 0 Å². The van der Waals surface area contributed by atoms with Crippen LogP contribution in [0.1, 0.15) is 40.0 Å². The van der Waals surface area contributed by atoms with Gasteiger partial charge in [-0.15, -0.1) is 6.58 Å². The first-order valence-electron chi connectivity index (χ1n) is 4.58. The maximum atomic E-state index is 3.92. The lowest BCUT2D eigenvalue weighted by atomic mass is 10.0. The molecule has 66 valence electrons. The fourth-order valence-electron chi connectivity index (χ4n) is 1.33. The lowest BCUT2D eigenvalue weighted by molar-refractivity contribution is 0.485. The van der Waals surface area contributed by atoms with Crippen LogP contribution in [-0.2, 0) is 0 Å². The van der Waals surface area contributed by atoms with E-state index in [1.807, 2.05) is 0 Å². The second kappa shape index (κ2) is 6.41. The molecule has 0 amide bonds. The van der Waals surface area contributed by atoms with Crippen molar-refractivity contribution in [2.45, 2.75) is 46.1 Å². The summed E-state index contributed by atoms with van der Waals surface area (Å²) in [7, 11) is 0. The first-order valence-corrected chi connectivity index (χ1v) is 4.58. The lowest BCUT2D eigenvalue weighted by Gasteiger charge is -2.16. The number of hydrogen-bond donors (Lipinski definition) is 1. The van der Waals surface area contributed by atoms with Gasteiger partial charge in [-0.1, -0.05) is 25.8 Å². The summed E-state index contributed by atoms with van der Waals surface area (Å²) < 4.78 is 0. The summed E-state index contributed by atoms with van der Waals surface area (Å²) in [6.45, 7) is 11.5. The van der Waals surface area contributed by atoms with E-state index in [2.05, 4.69) is 32.7 Å². The quantitative estimate of drug-likeness (QED) is 0.582. The van der Waals surface area contributed by atoms with E-state index in [9.17, 15) is 0 Å². The Kier molecular flexibility index (Phi) is 6.24. The molecule has 1 unspecified atom stereocenters. The molecule has 0 aliphatic heterocycles. The first-order chi connectivity index (χ1) is 5.20. The third-order valence-electron chi connectivity index (χ3n) is 1.72. The van der Waals surface area contributed by atoms with Gasteiger partial charge in [0.25, 0.3) is 0 Å². The van der Waals surface area contributed by atoms with Crippen molar-refractivity contribution in [1.82, 2.24) is 5.32 Å². The van der Waals surface area contributed by atoms with Crippen LogP contribution in [0.4, 0.5) is 0 Å². The molecule has 0 rings (SSSR count). The molecule has 1 N–H and O–H groups in total. The van der Waals surface area contributed by atoms with E-state index in [-0.39, 0.29) is 0 Å². The van der Waals surface area contributed by atoms with Gasteiger partial charge in [-0.25, -0.2) is 0 Å². The highest BCUT2D eigenvalue weighted by Gasteiger charge is 2.04. The van der Waals surface area contributed by atoms with Crippen molar-refractivity contribution in [3.8, 4) is 0 Å². The normalized spacial score (nSPS) is 13.0. The van der Waals surface area contributed by atoms with E-state index >= 15 is 0 Å². The van der Waals surface area contributed by atoms with Crippen molar-refractivity contribution in [1.29, 1.82) is 0 Å². The Balaban J connectivity index is 3.59. The Morgan fingerprint density at radius 2 is 2.09 bits per heavy atom. The van der Waals surface area contributed by atoms with Crippen LogP contribution < -0.4 is 5.32 Å². The standard InChI is InChI=1S/C10H21N/c1-5-7-10(11-6-2)8-9(3)4/h10-11H,3,5-8H2,1-2,4H3. The molecule has 0 aliphatic rings. The molecule has 0 aromatic carbocycles. The molecule has 11 heavy (non-hydrogen) atoms. The highest BCUT2D eigenvalue weighted by atomic mass is 14.9. The second-order valence-corrected chi connectivity index (χ2v) is 3.20. The van der Waals surface area contributed by atoms with Crippen molar-refractivity contribution in [2.24, 2.45) is 0 Å². The van der Waals surface area contributed by atoms with E-state index in [0.717, 1.165) is 13.0 Å². The van der Waals surface area contributed by atoms with Gasteiger partial charge in [-0.05, 0) is 26.3 Å². The Bertz CT molecular complexity index is 101. The van der Waals surface area contributed by atoms with Gasteiger partial charge < -0.3 is 5.32 Å². The Labute approximate surface area is 70.9 Å². The van der Waals surface area contributed by atoms with Gasteiger partial charge in [0, 0.05) is 6.04 Å². The minimum Gasteiger partial charge on any atom is -0.314 e. The topological polar surface area (TPSA) is 12.0 Å². The first kappa shape index (κ1) is 10.7. The van der Waals surface area contributed by atoms with Crippen LogP contribution in [0.15, 0.2) is 12.2 Å². The summed E-state index contributed by atoms with van der Waals surface area (Å²) in [4.78, 5) is 0. The van der Waals surface area contributed by atoms with Crippen molar-refractivity contribution >= 4 is 0 Å². The zero-order valence-corrected chi connectivity index (χ0v) is 8.11. The summed E-state index contributed by atoms with van der Waals surface area (Å²) in [5.74, 6) is 0. The van der Waals surface area contributed by atoms with Gasteiger partial charge in [-0.2, -0.15) is 0 Å². The van der Waals surface area contributed by atoms with E-state index in [0.29, 0.717) is 6.04 Å². The molecule has 0 saturated heterocycles. The summed E-state index contributed by atoms with van der Waals surface area (Å²) in [5, 5.41) is 3.45. The minimum absolute atomic E-state index is 0.655. The molecular formula is C10H21N. The number of rotatable bonds is 6. The summed E-state index contributed by atoms with van der Waals surface area (Å²) in [6, 6.07) is 0.655. The van der Waals surface area contributed by atoms with Crippen LogP contribution >= 0.6 is 0 Å². The van der Waals surface area contributed by atoms with Crippen LogP contribution in [0.3, 0.4) is 0 Å². The summed E-state index contributed by atoms with van der Waals surface area (Å²) in [6.07, 6.45) is 3.65. The van der Waals surface area contributed by atoms with Crippen LogP contribution in [-0.4, -0.2) is 12.6 Å². The third kappa shape index (κ3) is 6.11. The Morgan fingerprint density at radius 3 is 2.45 bits per heavy atom. The van der Waals surface area contributed by atoms with Gasteiger partial charge in [0.15, 0.2) is 0 Å². The fraction of sp³-hybridized carbons (Fsp3) is 0.800. The maximum absolute atomic E-state index is 3.92. The highest BCUT2D eigenvalue weighted by Crippen LogP contribution is 2.07. The molecule has 0 spiro atoms. The molecular weight excluding hydrogens is 134 g/mol. The van der Waals surface area contributed by atoms with Crippen molar-refractivity contribution in [3.63, 3.8) is 0 Å². The maximum Gasteiger partial charge on any atom is 0.0104 e. The van der Waals surface area contributed by atoms with Crippen molar-refractivity contribution in [2.75, 3.05) is 6.54 Å². The smallest absolute Gasteiger partial charge is 0.0104 e. The SMILES string of the molecule is C=C(C)CC(CCC)NCC. The second-order valence-electron chi connectivity index (χ2n) is 3.20. The average Bonchev–Trinajstić information content (AvgIpc) is 1.87. The Hall–Kier alpha value is -0.300. The molecule has 0 aromatic heterocycles. The third-order valence-corrected chi connectivity index (χ3v) is 1.72. The molecule has 0 aliphatic carbocycles. The van der Waals surface area contributed by atoms with Crippen molar-refractivity contribution < 1.29 is 0 Å². The molecule has 1 nitrogen and oxygen atoms in total. The van der Waals surface area contributed by atoms with Crippen molar-refractivity contribution in [3.05, 3.63) is 12.2 Å². The molecule has 0 bridgehead atoms. The van der Waals surface area contributed by atoms with E-state index < -0.39 is 0 Å². The van der Waals surface area contributed by atoms with Gasteiger partial charge in [-0.3, -0.25) is 0 Å². The number of nitrogens with one attached hydrogen (secondary N) is 1. The molecule has 1 atom stereocenters. The molecule has 0 radical (unpaired) electrons. The molecule has 0 fully saturated rings. The Morgan fingerprint density at radius 1 is 1.45 bits per heavy atom. The van der Waals surface area contributed by atoms with Crippen LogP contribution in [0.5, 0.6) is 0 Å². The largest absolute Gasteiger partial charge is 0.314 e. The van der Waals surface area contributed by atoms with Gasteiger partial charge in [0.2, 0.25) is 0 Å². The van der Waals surface area contributed by atoms with E-state index in [1.165, 1.54) is 18.4 Å². The van der Waals surface area contributed by atoms with Gasteiger partial charge in [0.05, 0.1) is 0 Å². The zero-order valence-electron chi connectivity index (χ0n) is 8.11. The minimum atomic E-state index is 0.655. The number of hydrogen-bond acceptors (Lipinski definition) is 1. The monoisotopic (exact) mass is 155 g/mol. The molecule has 0 aromatic rings. The van der Waals surface area contributed by atoms with Gasteiger partial charge in [0.1, 0.15) is 0 Å². The predicted octanol–water partition coefficient (Wildman–Crippen LogP) is 2.73. The van der Waals surface area contributed by atoms with Crippen LogP contribution in [0.25, 0.3) is 0 Å². The summed E-state index contributed by atoms with van der Waals surface area (Å²) >= 11 is 0. The van der Waals surface area contributed by atoms with E-state index in [4.69, 9.17) is 0 Å².